The van der Waals surface area contributed by atoms with Crippen LogP contribution in [0.3, 0.4) is 0 Å². The molecule has 0 saturated heterocycles. The van der Waals surface area contributed by atoms with Crippen LogP contribution < -0.4 is 9.47 Å². The third-order valence-electron chi connectivity index (χ3n) is 4.71. The number of thioether (sulfide) groups is 1. The normalized spacial score (nSPS) is 15.5. The Morgan fingerprint density at radius 3 is 2.86 bits per heavy atom. The molecule has 1 unspecified atom stereocenters. The lowest BCUT2D eigenvalue weighted by Gasteiger charge is -2.30. The SMILES string of the molecule is CCN(CC1COc2ccccc2O1)C(=O)CSc1nnc2nc(C)cc(C)n12. The van der Waals surface area contributed by atoms with Crippen LogP contribution in [0.15, 0.2) is 35.5 Å². The summed E-state index contributed by atoms with van der Waals surface area (Å²) in [7, 11) is 0. The minimum Gasteiger partial charge on any atom is -0.486 e. The van der Waals surface area contributed by atoms with E-state index in [2.05, 4.69) is 15.2 Å². The molecule has 152 valence electrons. The molecule has 4 rings (SSSR count). The third-order valence-corrected chi connectivity index (χ3v) is 5.63. The second-order valence-corrected chi connectivity index (χ2v) is 7.82. The van der Waals surface area contributed by atoms with Gasteiger partial charge in [0, 0.05) is 17.9 Å². The summed E-state index contributed by atoms with van der Waals surface area (Å²) in [5.41, 5.74) is 1.88. The zero-order valence-electron chi connectivity index (χ0n) is 16.7. The molecule has 1 atom stereocenters. The first-order valence-electron chi connectivity index (χ1n) is 9.53. The number of carbonyl (C=O) groups is 1. The maximum absolute atomic E-state index is 12.8. The highest BCUT2D eigenvalue weighted by molar-refractivity contribution is 7.99. The van der Waals surface area contributed by atoms with Gasteiger partial charge >= 0.3 is 0 Å². The van der Waals surface area contributed by atoms with E-state index in [0.717, 1.165) is 22.9 Å². The highest BCUT2D eigenvalue weighted by Gasteiger charge is 2.25. The minimum atomic E-state index is -0.192. The van der Waals surface area contributed by atoms with Crippen LogP contribution in [0, 0.1) is 13.8 Å². The van der Waals surface area contributed by atoms with Crippen LogP contribution in [0.1, 0.15) is 18.3 Å². The van der Waals surface area contributed by atoms with Gasteiger partial charge in [-0.1, -0.05) is 23.9 Å². The molecule has 0 saturated carbocycles. The number of likely N-dealkylation sites (N-methyl/N-ethyl adjacent to an activating group) is 1. The van der Waals surface area contributed by atoms with E-state index in [1.54, 1.807) is 4.90 Å². The molecule has 2 aromatic heterocycles. The number of aromatic nitrogens is 4. The Balaban J connectivity index is 1.39. The number of rotatable bonds is 6. The molecule has 0 bridgehead atoms. The van der Waals surface area contributed by atoms with Crippen molar-refractivity contribution < 1.29 is 14.3 Å². The molecule has 1 aliphatic heterocycles. The standard InChI is InChI=1S/C20H23N5O3S/c1-4-24(10-15-11-27-16-7-5-6-8-17(16)28-15)18(26)12-29-20-23-22-19-21-13(2)9-14(3)25(19)20/h5-9,15H,4,10-12H2,1-3H3. The molecule has 1 amide bonds. The smallest absolute Gasteiger partial charge is 0.256 e. The summed E-state index contributed by atoms with van der Waals surface area (Å²) < 4.78 is 13.6. The topological polar surface area (TPSA) is 81.9 Å². The lowest BCUT2D eigenvalue weighted by molar-refractivity contribution is -0.129. The van der Waals surface area contributed by atoms with Gasteiger partial charge in [0.05, 0.1) is 12.3 Å². The lowest BCUT2D eigenvalue weighted by Crippen LogP contribution is -2.44. The fourth-order valence-corrected chi connectivity index (χ4v) is 4.21. The number of fused-ring (bicyclic) bond motifs is 2. The van der Waals surface area contributed by atoms with Crippen molar-refractivity contribution in [2.45, 2.75) is 32.0 Å². The van der Waals surface area contributed by atoms with E-state index in [1.807, 2.05) is 55.5 Å². The number of hydrogen-bond acceptors (Lipinski definition) is 7. The van der Waals surface area contributed by atoms with Crippen LogP contribution >= 0.6 is 11.8 Å². The molecule has 9 heteroatoms. The van der Waals surface area contributed by atoms with Gasteiger partial charge in [0.2, 0.25) is 5.91 Å². The largest absolute Gasteiger partial charge is 0.486 e. The lowest BCUT2D eigenvalue weighted by atomic mass is 10.2. The number of ether oxygens (including phenoxy) is 2. The monoisotopic (exact) mass is 413 g/mol. The van der Waals surface area contributed by atoms with Gasteiger partial charge in [-0.25, -0.2) is 4.98 Å². The van der Waals surface area contributed by atoms with Crippen molar-refractivity contribution >= 4 is 23.4 Å². The molecule has 1 aliphatic rings. The van der Waals surface area contributed by atoms with Gasteiger partial charge in [-0.15, -0.1) is 10.2 Å². The summed E-state index contributed by atoms with van der Waals surface area (Å²) >= 11 is 1.37. The Hall–Kier alpha value is -2.81. The maximum atomic E-state index is 12.8. The predicted octanol–water partition coefficient (Wildman–Crippen LogP) is 2.52. The highest BCUT2D eigenvalue weighted by atomic mass is 32.2. The van der Waals surface area contributed by atoms with Gasteiger partial charge in [-0.3, -0.25) is 9.20 Å². The first-order chi connectivity index (χ1) is 14.0. The molecule has 29 heavy (non-hydrogen) atoms. The quantitative estimate of drug-likeness (QED) is 0.574. The number of aryl methyl sites for hydroxylation is 2. The summed E-state index contributed by atoms with van der Waals surface area (Å²) in [6.45, 7) is 7.36. The van der Waals surface area contributed by atoms with Gasteiger partial charge in [-0.05, 0) is 39.0 Å². The fourth-order valence-electron chi connectivity index (χ4n) is 3.32. The predicted molar refractivity (Wildman–Crippen MR) is 110 cm³/mol. The molecule has 3 heterocycles. The summed E-state index contributed by atoms with van der Waals surface area (Å²) in [5.74, 6) is 2.30. The van der Waals surface area contributed by atoms with Gasteiger partial charge in [-0.2, -0.15) is 0 Å². The Morgan fingerprint density at radius 1 is 1.28 bits per heavy atom. The number of hydrogen-bond donors (Lipinski definition) is 0. The number of nitrogens with zero attached hydrogens (tertiary/aromatic N) is 5. The molecule has 0 radical (unpaired) electrons. The van der Waals surface area contributed by atoms with E-state index >= 15 is 0 Å². The molecular weight excluding hydrogens is 390 g/mol. The number of para-hydroxylation sites is 2. The molecule has 1 aromatic carbocycles. The molecular formula is C20H23N5O3S. The summed E-state index contributed by atoms with van der Waals surface area (Å²) in [6, 6.07) is 9.55. The van der Waals surface area contributed by atoms with Gasteiger partial charge in [0.1, 0.15) is 6.61 Å². The van der Waals surface area contributed by atoms with Crippen LogP contribution in [0.25, 0.3) is 5.78 Å². The average Bonchev–Trinajstić information content (AvgIpc) is 3.13. The average molecular weight is 414 g/mol. The van der Waals surface area contributed by atoms with Gasteiger partial charge in [0.25, 0.3) is 5.78 Å². The number of carbonyl (C=O) groups excluding carboxylic acids is 1. The van der Waals surface area contributed by atoms with Crippen molar-refractivity contribution in [1.29, 1.82) is 0 Å². The van der Waals surface area contributed by atoms with Crippen LogP contribution in [0.5, 0.6) is 11.5 Å². The second kappa shape index (κ2) is 8.28. The van der Waals surface area contributed by atoms with Crippen molar-refractivity contribution in [3.8, 4) is 11.5 Å². The van der Waals surface area contributed by atoms with Crippen LogP contribution in [-0.4, -0.2) is 61.9 Å². The Kier molecular flexibility index (Phi) is 5.57. The van der Waals surface area contributed by atoms with E-state index in [4.69, 9.17) is 9.47 Å². The zero-order chi connectivity index (χ0) is 20.4. The molecule has 0 aliphatic carbocycles. The summed E-state index contributed by atoms with van der Waals surface area (Å²) in [4.78, 5) is 19.0. The summed E-state index contributed by atoms with van der Waals surface area (Å²) in [5, 5.41) is 8.98. The van der Waals surface area contributed by atoms with Crippen LogP contribution in [0.4, 0.5) is 0 Å². The summed E-state index contributed by atoms with van der Waals surface area (Å²) in [6.07, 6.45) is -0.192. The zero-order valence-corrected chi connectivity index (χ0v) is 17.5. The second-order valence-electron chi connectivity index (χ2n) is 6.88. The minimum absolute atomic E-state index is 0.0226. The van der Waals surface area contributed by atoms with Crippen LogP contribution in [0.2, 0.25) is 0 Å². The third kappa shape index (κ3) is 4.14. The Labute approximate surface area is 173 Å². The number of amides is 1. The van der Waals surface area contributed by atoms with Crippen molar-refractivity contribution in [2.75, 3.05) is 25.4 Å². The first-order valence-corrected chi connectivity index (χ1v) is 10.5. The molecule has 0 spiro atoms. The maximum Gasteiger partial charge on any atom is 0.256 e. The van der Waals surface area contributed by atoms with Crippen LogP contribution in [-0.2, 0) is 4.79 Å². The Bertz CT molecular complexity index is 1040. The first kappa shape index (κ1) is 19.5. The van der Waals surface area contributed by atoms with Gasteiger partial charge < -0.3 is 14.4 Å². The van der Waals surface area contributed by atoms with Crippen molar-refractivity contribution in [1.82, 2.24) is 24.5 Å². The van der Waals surface area contributed by atoms with Gasteiger partial charge in [0.15, 0.2) is 22.8 Å². The highest BCUT2D eigenvalue weighted by Crippen LogP contribution is 2.31. The molecule has 8 nitrogen and oxygen atoms in total. The van der Waals surface area contributed by atoms with Crippen molar-refractivity contribution in [3.63, 3.8) is 0 Å². The fraction of sp³-hybridized carbons (Fsp3) is 0.400. The number of benzene rings is 1. The van der Waals surface area contributed by atoms with E-state index in [9.17, 15) is 4.79 Å². The van der Waals surface area contributed by atoms with Crippen molar-refractivity contribution in [2.24, 2.45) is 0 Å². The van der Waals surface area contributed by atoms with Crippen molar-refractivity contribution in [3.05, 3.63) is 41.7 Å². The molecule has 0 N–H and O–H groups in total. The Morgan fingerprint density at radius 2 is 2.07 bits per heavy atom. The van der Waals surface area contributed by atoms with E-state index in [-0.39, 0.29) is 17.8 Å². The molecule has 3 aromatic rings. The molecule has 0 fully saturated rings. The van der Waals surface area contributed by atoms with E-state index in [1.165, 1.54) is 11.8 Å². The van der Waals surface area contributed by atoms with E-state index < -0.39 is 0 Å². The van der Waals surface area contributed by atoms with E-state index in [0.29, 0.717) is 30.6 Å².